The van der Waals surface area contributed by atoms with Gasteiger partial charge in [-0.3, -0.25) is 9.59 Å². The number of hydrogen-bond donors (Lipinski definition) is 0. The fourth-order valence-corrected chi connectivity index (χ4v) is 5.73. The predicted molar refractivity (Wildman–Crippen MR) is 123 cm³/mol. The molecule has 1 aliphatic heterocycles. The SMILES string of the molecule is CCCN(CC(=O)N1CCc2sccc2C1COc1ccc(F)cc1)C(=O)C1CCCC1. The summed E-state index contributed by atoms with van der Waals surface area (Å²) in [7, 11) is 0. The number of halogens is 1. The second-order valence-electron chi connectivity index (χ2n) is 8.66. The molecule has 2 amide bonds. The number of thiophene rings is 1. The molecule has 2 aromatic rings. The molecule has 1 unspecified atom stereocenters. The maximum atomic E-state index is 13.4. The van der Waals surface area contributed by atoms with E-state index in [1.54, 1.807) is 28.4 Å². The minimum atomic E-state index is -0.310. The van der Waals surface area contributed by atoms with E-state index >= 15 is 0 Å². The molecule has 1 saturated carbocycles. The van der Waals surface area contributed by atoms with Gasteiger partial charge < -0.3 is 14.5 Å². The van der Waals surface area contributed by atoms with Crippen molar-refractivity contribution >= 4 is 23.2 Å². The highest BCUT2D eigenvalue weighted by Crippen LogP contribution is 2.34. The van der Waals surface area contributed by atoms with Gasteiger partial charge in [0.1, 0.15) is 18.2 Å². The van der Waals surface area contributed by atoms with E-state index in [-0.39, 0.29) is 36.1 Å². The molecule has 32 heavy (non-hydrogen) atoms. The van der Waals surface area contributed by atoms with Gasteiger partial charge in [0, 0.05) is 23.9 Å². The Balaban J connectivity index is 1.48. The van der Waals surface area contributed by atoms with Gasteiger partial charge in [0.15, 0.2) is 0 Å². The lowest BCUT2D eigenvalue weighted by Gasteiger charge is -2.37. The summed E-state index contributed by atoms with van der Waals surface area (Å²) in [6.07, 6.45) is 5.71. The summed E-state index contributed by atoms with van der Waals surface area (Å²) < 4.78 is 19.2. The molecule has 0 spiro atoms. The quantitative estimate of drug-likeness (QED) is 0.570. The number of amides is 2. The number of fused-ring (bicyclic) bond motifs is 1. The van der Waals surface area contributed by atoms with Crippen LogP contribution in [0.15, 0.2) is 35.7 Å². The lowest BCUT2D eigenvalue weighted by Crippen LogP contribution is -2.48. The Bertz CT molecular complexity index is 924. The minimum Gasteiger partial charge on any atom is -0.491 e. The first-order valence-electron chi connectivity index (χ1n) is 11.6. The van der Waals surface area contributed by atoms with Crippen molar-refractivity contribution in [2.75, 3.05) is 26.2 Å². The van der Waals surface area contributed by atoms with Crippen LogP contribution in [0.5, 0.6) is 5.75 Å². The Labute approximate surface area is 193 Å². The standard InChI is InChI=1S/C25H31FN2O3S/c1-2-13-27(25(30)18-5-3-4-6-18)16-24(29)28-14-11-23-21(12-15-32-23)22(28)17-31-20-9-7-19(26)8-10-20/h7-10,12,15,18,22H,2-6,11,13-14,16-17H2,1H3. The second-order valence-corrected chi connectivity index (χ2v) is 9.66. The van der Waals surface area contributed by atoms with Gasteiger partial charge in [-0.1, -0.05) is 19.8 Å². The normalized spacial score (nSPS) is 18.4. The van der Waals surface area contributed by atoms with E-state index in [0.717, 1.165) is 44.1 Å². The molecule has 1 atom stereocenters. The van der Waals surface area contributed by atoms with Crippen LogP contribution in [0.25, 0.3) is 0 Å². The van der Waals surface area contributed by atoms with E-state index in [1.807, 2.05) is 11.8 Å². The molecule has 0 bridgehead atoms. The monoisotopic (exact) mass is 458 g/mol. The molecule has 4 rings (SSSR count). The van der Waals surface area contributed by atoms with Gasteiger partial charge in [-0.15, -0.1) is 11.3 Å². The molecule has 0 radical (unpaired) electrons. The Morgan fingerprint density at radius 2 is 1.94 bits per heavy atom. The highest BCUT2D eigenvalue weighted by atomic mass is 32.1. The summed E-state index contributed by atoms with van der Waals surface area (Å²) in [6.45, 7) is 3.68. The van der Waals surface area contributed by atoms with Crippen molar-refractivity contribution in [2.24, 2.45) is 5.92 Å². The number of nitrogens with zero attached hydrogens (tertiary/aromatic N) is 2. The maximum Gasteiger partial charge on any atom is 0.242 e. The highest BCUT2D eigenvalue weighted by Gasteiger charge is 2.34. The molecule has 1 fully saturated rings. The predicted octanol–water partition coefficient (Wildman–Crippen LogP) is 4.82. The molecule has 7 heteroatoms. The van der Waals surface area contributed by atoms with Crippen molar-refractivity contribution in [1.82, 2.24) is 9.80 Å². The van der Waals surface area contributed by atoms with Gasteiger partial charge in [-0.2, -0.15) is 0 Å². The second kappa shape index (κ2) is 10.5. The van der Waals surface area contributed by atoms with E-state index in [9.17, 15) is 14.0 Å². The maximum absolute atomic E-state index is 13.4. The van der Waals surface area contributed by atoms with Crippen molar-refractivity contribution in [3.05, 3.63) is 52.0 Å². The van der Waals surface area contributed by atoms with Gasteiger partial charge in [-0.05, 0) is 67.0 Å². The Hall–Kier alpha value is -2.41. The van der Waals surface area contributed by atoms with E-state index in [1.165, 1.54) is 17.0 Å². The summed E-state index contributed by atoms with van der Waals surface area (Å²) in [5.41, 5.74) is 1.11. The first-order chi connectivity index (χ1) is 15.6. The van der Waals surface area contributed by atoms with Crippen LogP contribution in [0.4, 0.5) is 4.39 Å². The molecule has 5 nitrogen and oxygen atoms in total. The fraction of sp³-hybridized carbons (Fsp3) is 0.520. The third kappa shape index (κ3) is 5.14. The molecular weight excluding hydrogens is 427 g/mol. The summed E-state index contributed by atoms with van der Waals surface area (Å²) in [5, 5.41) is 2.05. The Morgan fingerprint density at radius 3 is 2.66 bits per heavy atom. The van der Waals surface area contributed by atoms with Crippen LogP contribution in [0.1, 0.15) is 55.5 Å². The number of rotatable bonds is 8. The van der Waals surface area contributed by atoms with Gasteiger partial charge in [0.05, 0.1) is 12.6 Å². The first-order valence-corrected chi connectivity index (χ1v) is 12.5. The Kier molecular flexibility index (Phi) is 7.45. The van der Waals surface area contributed by atoms with Crippen LogP contribution < -0.4 is 4.74 Å². The zero-order valence-electron chi connectivity index (χ0n) is 18.6. The molecule has 2 heterocycles. The van der Waals surface area contributed by atoms with Gasteiger partial charge in [0.25, 0.3) is 0 Å². The first kappa shape index (κ1) is 22.8. The van der Waals surface area contributed by atoms with Crippen molar-refractivity contribution < 1.29 is 18.7 Å². The van der Waals surface area contributed by atoms with Gasteiger partial charge >= 0.3 is 0 Å². The topological polar surface area (TPSA) is 49.9 Å². The van der Waals surface area contributed by atoms with Crippen molar-refractivity contribution in [1.29, 1.82) is 0 Å². The van der Waals surface area contributed by atoms with Crippen LogP contribution in [0.2, 0.25) is 0 Å². The summed E-state index contributed by atoms with van der Waals surface area (Å²) in [4.78, 5) is 31.4. The zero-order chi connectivity index (χ0) is 22.5. The number of hydrogen-bond acceptors (Lipinski definition) is 4. The minimum absolute atomic E-state index is 0.0330. The number of benzene rings is 1. The van der Waals surface area contributed by atoms with Crippen LogP contribution >= 0.6 is 11.3 Å². The number of carbonyl (C=O) groups is 2. The third-order valence-electron chi connectivity index (χ3n) is 6.47. The van der Waals surface area contributed by atoms with Crippen LogP contribution in [-0.2, 0) is 16.0 Å². The smallest absolute Gasteiger partial charge is 0.242 e. The van der Waals surface area contributed by atoms with E-state index in [2.05, 4.69) is 11.4 Å². The van der Waals surface area contributed by atoms with Crippen LogP contribution in [0.3, 0.4) is 0 Å². The molecule has 1 aliphatic carbocycles. The molecule has 0 N–H and O–H groups in total. The van der Waals surface area contributed by atoms with Crippen molar-refractivity contribution in [3.63, 3.8) is 0 Å². The van der Waals surface area contributed by atoms with Crippen molar-refractivity contribution in [3.8, 4) is 5.75 Å². The lowest BCUT2D eigenvalue weighted by atomic mass is 10.00. The summed E-state index contributed by atoms with van der Waals surface area (Å²) in [5.74, 6) is 0.427. The largest absolute Gasteiger partial charge is 0.491 e. The lowest BCUT2D eigenvalue weighted by molar-refractivity contribution is -0.144. The van der Waals surface area contributed by atoms with Crippen LogP contribution in [0, 0.1) is 11.7 Å². The molecule has 2 aliphatic rings. The number of ether oxygens (including phenoxy) is 1. The zero-order valence-corrected chi connectivity index (χ0v) is 19.4. The van der Waals surface area contributed by atoms with Gasteiger partial charge in [-0.25, -0.2) is 4.39 Å². The molecule has 0 saturated heterocycles. The fourth-order valence-electron chi connectivity index (χ4n) is 4.80. The van der Waals surface area contributed by atoms with E-state index in [0.29, 0.717) is 25.4 Å². The average molecular weight is 459 g/mol. The molecule has 1 aromatic heterocycles. The molecule has 1 aromatic carbocycles. The molecular formula is C25H31FN2O3S. The number of carbonyl (C=O) groups excluding carboxylic acids is 2. The highest BCUT2D eigenvalue weighted by molar-refractivity contribution is 7.10. The van der Waals surface area contributed by atoms with E-state index in [4.69, 9.17) is 4.74 Å². The summed E-state index contributed by atoms with van der Waals surface area (Å²) >= 11 is 1.70. The van der Waals surface area contributed by atoms with Crippen LogP contribution in [-0.4, -0.2) is 47.9 Å². The average Bonchev–Trinajstić information content (AvgIpc) is 3.50. The molecule has 172 valence electrons. The van der Waals surface area contributed by atoms with Gasteiger partial charge in [0.2, 0.25) is 11.8 Å². The third-order valence-corrected chi connectivity index (χ3v) is 7.47. The Morgan fingerprint density at radius 1 is 1.19 bits per heavy atom. The van der Waals surface area contributed by atoms with E-state index < -0.39 is 0 Å². The van der Waals surface area contributed by atoms with Crippen molar-refractivity contribution in [2.45, 2.75) is 51.5 Å². The summed E-state index contributed by atoms with van der Waals surface area (Å²) in [6, 6.07) is 7.78.